The van der Waals surface area contributed by atoms with Gasteiger partial charge in [-0.25, -0.2) is 4.79 Å². The van der Waals surface area contributed by atoms with Crippen molar-refractivity contribution in [1.82, 2.24) is 14.5 Å². The fraction of sp³-hybridized carbons (Fsp3) is 0.400. The molecule has 0 saturated carbocycles. The number of nitrogens with one attached hydrogen (secondary N) is 1. The Morgan fingerprint density at radius 2 is 2.09 bits per heavy atom. The van der Waals surface area contributed by atoms with E-state index >= 15 is 0 Å². The highest BCUT2D eigenvalue weighted by molar-refractivity contribution is 6.00. The van der Waals surface area contributed by atoms with Crippen LogP contribution in [-0.2, 0) is 23.1 Å². The second kappa shape index (κ2) is 5.42. The zero-order chi connectivity index (χ0) is 15.9. The van der Waals surface area contributed by atoms with Crippen LogP contribution in [0.2, 0.25) is 0 Å². The van der Waals surface area contributed by atoms with Crippen LogP contribution in [0.15, 0.2) is 23.0 Å². The van der Waals surface area contributed by atoms with E-state index in [0.717, 1.165) is 5.56 Å². The number of hydrogen-bond acceptors (Lipinski definition) is 4. The Kier molecular flexibility index (Phi) is 3.58. The molecule has 3 rings (SSSR count). The van der Waals surface area contributed by atoms with Crippen LogP contribution in [0.5, 0.6) is 0 Å². The molecule has 1 fully saturated rings. The Balaban J connectivity index is 2.21. The van der Waals surface area contributed by atoms with Gasteiger partial charge in [-0.2, -0.15) is 0 Å². The number of benzene rings is 1. The van der Waals surface area contributed by atoms with Gasteiger partial charge in [0.1, 0.15) is 6.04 Å². The number of aromatic nitrogens is 2. The fourth-order valence-electron chi connectivity index (χ4n) is 3.07. The van der Waals surface area contributed by atoms with Gasteiger partial charge in [-0.05, 0) is 24.5 Å². The summed E-state index contributed by atoms with van der Waals surface area (Å²) in [6.45, 7) is -0.0170. The van der Waals surface area contributed by atoms with Gasteiger partial charge in [0.25, 0.3) is 0 Å². The SMILES string of the molecule is Cn1c(=O)n(C2CCC(=O)NC2=O)c2cccc(CCO)c21. The average molecular weight is 303 g/mol. The minimum absolute atomic E-state index is 0.0170. The summed E-state index contributed by atoms with van der Waals surface area (Å²) in [7, 11) is 1.65. The molecular weight excluding hydrogens is 286 g/mol. The normalized spacial score (nSPS) is 18.7. The first-order chi connectivity index (χ1) is 10.5. The number of imide groups is 1. The van der Waals surface area contributed by atoms with E-state index in [1.54, 1.807) is 19.2 Å². The highest BCUT2D eigenvalue weighted by atomic mass is 16.3. The van der Waals surface area contributed by atoms with Gasteiger partial charge < -0.3 is 5.11 Å². The second-order valence-electron chi connectivity index (χ2n) is 5.44. The molecule has 1 aromatic carbocycles. The second-order valence-corrected chi connectivity index (χ2v) is 5.44. The van der Waals surface area contributed by atoms with Crippen LogP contribution < -0.4 is 11.0 Å². The smallest absolute Gasteiger partial charge is 0.329 e. The summed E-state index contributed by atoms with van der Waals surface area (Å²) >= 11 is 0. The van der Waals surface area contributed by atoms with Crippen LogP contribution in [-0.4, -0.2) is 32.7 Å². The maximum Gasteiger partial charge on any atom is 0.329 e. The quantitative estimate of drug-likeness (QED) is 0.771. The van der Waals surface area contributed by atoms with Gasteiger partial charge in [0.15, 0.2) is 0 Å². The van der Waals surface area contributed by atoms with Gasteiger partial charge in [0.2, 0.25) is 11.8 Å². The molecule has 7 heteroatoms. The van der Waals surface area contributed by atoms with E-state index in [2.05, 4.69) is 5.32 Å². The lowest BCUT2D eigenvalue weighted by Gasteiger charge is -2.21. The molecule has 0 radical (unpaired) electrons. The van der Waals surface area contributed by atoms with Crippen LogP contribution in [0.4, 0.5) is 0 Å². The third-order valence-electron chi connectivity index (χ3n) is 4.09. The highest BCUT2D eigenvalue weighted by Crippen LogP contribution is 2.25. The summed E-state index contributed by atoms with van der Waals surface area (Å²) < 4.78 is 2.93. The maximum absolute atomic E-state index is 12.6. The van der Waals surface area contributed by atoms with E-state index in [1.165, 1.54) is 9.13 Å². The molecule has 2 N–H and O–H groups in total. The number of aliphatic hydroxyl groups excluding tert-OH is 1. The van der Waals surface area contributed by atoms with Crippen molar-refractivity contribution < 1.29 is 14.7 Å². The van der Waals surface area contributed by atoms with Crippen molar-refractivity contribution in [2.45, 2.75) is 25.3 Å². The zero-order valence-electron chi connectivity index (χ0n) is 12.2. The Labute approximate surface area is 126 Å². The van der Waals surface area contributed by atoms with Crippen LogP contribution in [0.1, 0.15) is 24.4 Å². The largest absolute Gasteiger partial charge is 0.396 e. The Morgan fingerprint density at radius 3 is 2.77 bits per heavy atom. The summed E-state index contributed by atoms with van der Waals surface area (Å²) in [5.74, 6) is -0.756. The average Bonchev–Trinajstić information content (AvgIpc) is 2.73. The summed E-state index contributed by atoms with van der Waals surface area (Å²) in [6.07, 6.45) is 0.966. The predicted octanol–water partition coefficient (Wildman–Crippen LogP) is -0.147. The Morgan fingerprint density at radius 1 is 1.32 bits per heavy atom. The molecule has 116 valence electrons. The van der Waals surface area contributed by atoms with Gasteiger partial charge in [0, 0.05) is 20.1 Å². The number of rotatable bonds is 3. The van der Waals surface area contributed by atoms with Crippen LogP contribution in [0, 0.1) is 0 Å². The lowest BCUT2D eigenvalue weighted by Crippen LogP contribution is -2.44. The van der Waals surface area contributed by atoms with E-state index in [-0.39, 0.29) is 24.6 Å². The number of piperidine rings is 1. The molecule has 1 aliphatic heterocycles. The zero-order valence-corrected chi connectivity index (χ0v) is 12.2. The van der Waals surface area contributed by atoms with E-state index in [9.17, 15) is 19.5 Å². The number of amides is 2. The molecular formula is C15H17N3O4. The van der Waals surface area contributed by atoms with Crippen LogP contribution >= 0.6 is 0 Å². The van der Waals surface area contributed by atoms with E-state index in [0.29, 0.717) is 23.9 Å². The molecule has 1 saturated heterocycles. The molecule has 1 aromatic heterocycles. The van der Waals surface area contributed by atoms with Gasteiger partial charge in [-0.3, -0.25) is 24.0 Å². The number of fused-ring (bicyclic) bond motifs is 1. The topological polar surface area (TPSA) is 93.3 Å². The first kappa shape index (κ1) is 14.5. The summed E-state index contributed by atoms with van der Waals surface area (Å²) in [5, 5.41) is 11.5. The Hall–Kier alpha value is -2.41. The lowest BCUT2D eigenvalue weighted by atomic mass is 10.1. The van der Waals surface area contributed by atoms with Gasteiger partial charge in [-0.15, -0.1) is 0 Å². The minimum Gasteiger partial charge on any atom is -0.396 e. The van der Waals surface area contributed by atoms with Crippen molar-refractivity contribution in [3.63, 3.8) is 0 Å². The van der Waals surface area contributed by atoms with Crippen LogP contribution in [0.3, 0.4) is 0 Å². The van der Waals surface area contributed by atoms with Crippen molar-refractivity contribution in [3.8, 4) is 0 Å². The maximum atomic E-state index is 12.6. The molecule has 1 aliphatic rings. The van der Waals surface area contributed by atoms with E-state index < -0.39 is 11.9 Å². The number of aryl methyl sites for hydroxylation is 1. The van der Waals surface area contributed by atoms with Crippen molar-refractivity contribution in [2.24, 2.45) is 7.05 Å². The summed E-state index contributed by atoms with van der Waals surface area (Å²) in [5.41, 5.74) is 1.92. The van der Waals surface area contributed by atoms with Crippen LogP contribution in [0.25, 0.3) is 11.0 Å². The number of nitrogens with zero attached hydrogens (tertiary/aromatic N) is 2. The lowest BCUT2D eigenvalue weighted by molar-refractivity contribution is -0.135. The molecule has 0 spiro atoms. The third-order valence-corrected chi connectivity index (χ3v) is 4.09. The third kappa shape index (κ3) is 2.14. The number of hydrogen-bond donors (Lipinski definition) is 2. The molecule has 0 aliphatic carbocycles. The van der Waals surface area contributed by atoms with Crippen molar-refractivity contribution in [1.29, 1.82) is 0 Å². The number of carbonyl (C=O) groups excluding carboxylic acids is 2. The van der Waals surface area contributed by atoms with Gasteiger partial charge in [-0.1, -0.05) is 12.1 Å². The summed E-state index contributed by atoms with van der Waals surface area (Å²) in [6, 6.07) is 4.75. The molecule has 2 amide bonds. The first-order valence-corrected chi connectivity index (χ1v) is 7.18. The van der Waals surface area contributed by atoms with E-state index in [4.69, 9.17) is 0 Å². The number of para-hydroxylation sites is 1. The van der Waals surface area contributed by atoms with E-state index in [1.807, 2.05) is 6.07 Å². The van der Waals surface area contributed by atoms with Crippen molar-refractivity contribution in [3.05, 3.63) is 34.2 Å². The molecule has 1 atom stereocenters. The molecule has 22 heavy (non-hydrogen) atoms. The molecule has 1 unspecified atom stereocenters. The van der Waals surface area contributed by atoms with Crippen molar-refractivity contribution >= 4 is 22.8 Å². The molecule has 2 aromatic rings. The van der Waals surface area contributed by atoms with Gasteiger partial charge >= 0.3 is 5.69 Å². The molecule has 7 nitrogen and oxygen atoms in total. The monoisotopic (exact) mass is 303 g/mol. The number of imidazole rings is 1. The first-order valence-electron chi connectivity index (χ1n) is 7.18. The summed E-state index contributed by atoms with van der Waals surface area (Å²) in [4.78, 5) is 35.9. The van der Waals surface area contributed by atoms with Gasteiger partial charge in [0.05, 0.1) is 11.0 Å². The molecule has 2 heterocycles. The van der Waals surface area contributed by atoms with Crippen molar-refractivity contribution in [2.75, 3.05) is 6.61 Å². The Bertz CT molecular complexity index is 818. The fourth-order valence-corrected chi connectivity index (χ4v) is 3.07. The highest BCUT2D eigenvalue weighted by Gasteiger charge is 2.31. The number of carbonyl (C=O) groups is 2. The minimum atomic E-state index is -0.682. The standard InChI is InChI=1S/C15H17N3O4/c1-17-13-9(7-8-19)3-2-4-10(13)18(15(17)22)11-5-6-12(20)16-14(11)21/h2-4,11,19H,5-8H2,1H3,(H,16,20,21). The molecule has 0 bridgehead atoms. The predicted molar refractivity (Wildman–Crippen MR) is 79.4 cm³/mol. The number of aliphatic hydroxyl groups is 1.